The average Bonchev–Trinajstić information content (AvgIpc) is 3.50. The first-order valence-electron chi connectivity index (χ1n) is 15.4. The summed E-state index contributed by atoms with van der Waals surface area (Å²) in [7, 11) is 0. The summed E-state index contributed by atoms with van der Waals surface area (Å²) in [5.74, 6) is 1.91. The maximum atomic E-state index is 5.32. The lowest BCUT2D eigenvalue weighted by molar-refractivity contribution is 1.03. The van der Waals surface area contributed by atoms with E-state index in [-0.39, 0.29) is 0 Å². The Bertz CT molecular complexity index is 2660. The average molecular weight is 605 g/mol. The van der Waals surface area contributed by atoms with Crippen molar-refractivity contribution in [1.29, 1.82) is 0 Å². The van der Waals surface area contributed by atoms with Crippen molar-refractivity contribution in [3.63, 3.8) is 0 Å². The van der Waals surface area contributed by atoms with Crippen molar-refractivity contribution in [3.05, 3.63) is 146 Å². The highest BCUT2D eigenvalue weighted by Crippen LogP contribution is 2.50. The molecule has 0 fully saturated rings. The zero-order valence-electron chi connectivity index (χ0n) is 24.6. The van der Waals surface area contributed by atoms with Crippen LogP contribution in [-0.4, -0.2) is 15.0 Å². The van der Waals surface area contributed by atoms with Gasteiger partial charge in [0.1, 0.15) is 0 Å². The highest BCUT2D eigenvalue weighted by molar-refractivity contribution is 7.26. The topological polar surface area (TPSA) is 41.9 Å². The van der Waals surface area contributed by atoms with Crippen molar-refractivity contribution >= 4 is 70.4 Å². The molecule has 0 saturated heterocycles. The van der Waals surface area contributed by atoms with Gasteiger partial charge in [-0.2, -0.15) is 9.97 Å². The van der Waals surface area contributed by atoms with Crippen LogP contribution in [0.5, 0.6) is 0 Å². The van der Waals surface area contributed by atoms with Crippen LogP contribution in [0.3, 0.4) is 0 Å². The number of benzene rings is 7. The number of rotatable bonds is 3. The summed E-state index contributed by atoms with van der Waals surface area (Å²) in [6.07, 6.45) is 0. The minimum Gasteiger partial charge on any atom is -0.278 e. The highest BCUT2D eigenvalue weighted by atomic mass is 32.1. The van der Waals surface area contributed by atoms with Crippen LogP contribution in [0.1, 0.15) is 0 Å². The van der Waals surface area contributed by atoms with Crippen LogP contribution in [0.25, 0.3) is 75.6 Å². The molecule has 0 atom stereocenters. The van der Waals surface area contributed by atoms with E-state index in [9.17, 15) is 0 Å². The van der Waals surface area contributed by atoms with Gasteiger partial charge in [-0.3, -0.25) is 4.90 Å². The first kappa shape index (κ1) is 25.4. The van der Waals surface area contributed by atoms with Crippen LogP contribution in [0.15, 0.2) is 146 Å². The van der Waals surface area contributed by atoms with E-state index in [1.165, 1.54) is 36.5 Å². The Morgan fingerprint density at radius 2 is 1.00 bits per heavy atom. The van der Waals surface area contributed by atoms with Crippen molar-refractivity contribution in [2.45, 2.75) is 0 Å². The minimum absolute atomic E-state index is 0.598. The Hall–Kier alpha value is -5.91. The Morgan fingerprint density at radius 1 is 0.413 bits per heavy atom. The van der Waals surface area contributed by atoms with Gasteiger partial charge < -0.3 is 0 Å². The molecule has 0 aliphatic carbocycles. The molecule has 2 aromatic heterocycles. The zero-order valence-corrected chi connectivity index (χ0v) is 25.4. The third-order valence-corrected chi connectivity index (χ3v) is 10.3. The molecule has 3 heterocycles. The molecule has 0 unspecified atom stereocenters. The normalized spacial score (nSPS) is 12.3. The van der Waals surface area contributed by atoms with Gasteiger partial charge in [0.25, 0.3) is 0 Å². The van der Waals surface area contributed by atoms with Gasteiger partial charge in [-0.05, 0) is 46.0 Å². The number of thiophene rings is 1. The van der Waals surface area contributed by atoms with Crippen molar-refractivity contribution < 1.29 is 0 Å². The summed E-state index contributed by atoms with van der Waals surface area (Å²) in [6, 6.07) is 51.4. The molecule has 0 bridgehead atoms. The minimum atomic E-state index is 0.598. The van der Waals surface area contributed by atoms with Crippen LogP contribution in [-0.2, 0) is 0 Å². The Morgan fingerprint density at radius 3 is 1.91 bits per heavy atom. The highest BCUT2D eigenvalue weighted by Gasteiger charge is 2.29. The zero-order chi connectivity index (χ0) is 30.2. The van der Waals surface area contributed by atoms with E-state index >= 15 is 0 Å². The molecule has 0 amide bonds. The fraction of sp³-hybridized carbons (Fsp3) is 0. The number of para-hydroxylation sites is 1. The largest absolute Gasteiger partial charge is 0.278 e. The van der Waals surface area contributed by atoms with Crippen molar-refractivity contribution in [3.8, 4) is 33.9 Å². The number of fused-ring (bicyclic) bond motifs is 6. The molecule has 7 aromatic carbocycles. The van der Waals surface area contributed by atoms with E-state index < -0.39 is 0 Å². The molecule has 9 aromatic rings. The quantitative estimate of drug-likeness (QED) is 0.201. The molecule has 1 aliphatic rings. The molecule has 214 valence electrons. The second kappa shape index (κ2) is 9.80. The first-order valence-corrected chi connectivity index (χ1v) is 16.2. The lowest BCUT2D eigenvalue weighted by Gasteiger charge is -2.32. The molecular weight excluding hydrogens is 581 g/mol. The molecular formula is C41H24N4S. The Kier molecular flexibility index (Phi) is 5.41. The van der Waals surface area contributed by atoms with Gasteiger partial charge in [0.15, 0.2) is 11.6 Å². The van der Waals surface area contributed by atoms with Crippen LogP contribution >= 0.6 is 11.3 Å². The molecule has 4 nitrogen and oxygen atoms in total. The lowest BCUT2D eigenvalue weighted by Crippen LogP contribution is -2.18. The lowest BCUT2D eigenvalue weighted by atomic mass is 9.91. The van der Waals surface area contributed by atoms with Gasteiger partial charge in [0, 0.05) is 42.2 Å². The molecule has 0 N–H and O–H groups in total. The SMILES string of the molecule is c1ccc2c(c1)-c1cccc3cccc(c13)N2c1nc(-c2cccc3ccccc23)nc(-c2cccc3c2sc2ccccc23)n1. The van der Waals surface area contributed by atoms with E-state index in [4.69, 9.17) is 15.0 Å². The number of anilines is 3. The fourth-order valence-electron chi connectivity index (χ4n) is 7.02. The maximum Gasteiger partial charge on any atom is 0.238 e. The van der Waals surface area contributed by atoms with E-state index in [0.717, 1.165) is 38.8 Å². The fourth-order valence-corrected chi connectivity index (χ4v) is 8.23. The first-order chi connectivity index (χ1) is 22.8. The molecule has 0 radical (unpaired) electrons. The molecule has 10 rings (SSSR count). The van der Waals surface area contributed by atoms with Gasteiger partial charge >= 0.3 is 0 Å². The van der Waals surface area contributed by atoms with E-state index in [0.29, 0.717) is 17.6 Å². The Labute approximate surface area is 268 Å². The summed E-state index contributed by atoms with van der Waals surface area (Å²) >= 11 is 1.79. The van der Waals surface area contributed by atoms with Gasteiger partial charge in [-0.25, -0.2) is 4.98 Å². The second-order valence-electron chi connectivity index (χ2n) is 11.6. The number of hydrogen-bond acceptors (Lipinski definition) is 5. The summed E-state index contributed by atoms with van der Waals surface area (Å²) < 4.78 is 2.43. The van der Waals surface area contributed by atoms with Crippen molar-refractivity contribution in [1.82, 2.24) is 15.0 Å². The summed E-state index contributed by atoms with van der Waals surface area (Å²) in [5.41, 5.74) is 6.48. The summed E-state index contributed by atoms with van der Waals surface area (Å²) in [5, 5.41) is 7.11. The van der Waals surface area contributed by atoms with Crippen LogP contribution in [0, 0.1) is 0 Å². The van der Waals surface area contributed by atoms with Gasteiger partial charge in [-0.15, -0.1) is 11.3 Å². The van der Waals surface area contributed by atoms with Crippen molar-refractivity contribution in [2.75, 3.05) is 4.90 Å². The van der Waals surface area contributed by atoms with E-state index in [1.54, 1.807) is 11.3 Å². The third-order valence-electron chi connectivity index (χ3n) is 9.06. The monoisotopic (exact) mass is 604 g/mol. The Balaban J connectivity index is 1.30. The van der Waals surface area contributed by atoms with Crippen LogP contribution < -0.4 is 4.90 Å². The summed E-state index contributed by atoms with van der Waals surface area (Å²) in [4.78, 5) is 18.1. The van der Waals surface area contributed by atoms with Gasteiger partial charge in [-0.1, -0.05) is 121 Å². The van der Waals surface area contributed by atoms with E-state index in [2.05, 4.69) is 150 Å². The molecule has 0 saturated carbocycles. The van der Waals surface area contributed by atoms with Crippen molar-refractivity contribution in [2.24, 2.45) is 0 Å². The standard InChI is InChI=1S/C41H24N4S/c1-2-15-27-25(11-1)12-7-20-32(27)39-42-40(33-21-10-19-31-29-17-4-6-24-36(29)46-38(31)33)44-41(43-39)45-34-22-5-3-16-28(34)30-18-8-13-26-14-9-23-35(45)37(26)30/h1-24H. The number of nitrogens with zero attached hydrogens (tertiary/aromatic N) is 4. The van der Waals surface area contributed by atoms with Crippen LogP contribution in [0.2, 0.25) is 0 Å². The second-order valence-corrected chi connectivity index (χ2v) is 12.7. The predicted molar refractivity (Wildman–Crippen MR) is 192 cm³/mol. The van der Waals surface area contributed by atoms with Gasteiger partial charge in [0.2, 0.25) is 5.95 Å². The molecule has 0 spiro atoms. The molecule has 5 heteroatoms. The number of hydrogen-bond donors (Lipinski definition) is 0. The third kappa shape index (κ3) is 3.69. The summed E-state index contributed by atoms with van der Waals surface area (Å²) in [6.45, 7) is 0. The van der Waals surface area contributed by atoms with Crippen LogP contribution in [0.4, 0.5) is 17.3 Å². The number of aromatic nitrogens is 3. The predicted octanol–water partition coefficient (Wildman–Crippen LogP) is 11.3. The maximum absolute atomic E-state index is 5.32. The molecule has 46 heavy (non-hydrogen) atoms. The van der Waals surface area contributed by atoms with E-state index in [1.807, 2.05) is 0 Å². The smallest absolute Gasteiger partial charge is 0.238 e. The molecule has 1 aliphatic heterocycles. The van der Waals surface area contributed by atoms with Gasteiger partial charge in [0.05, 0.1) is 11.4 Å².